The smallest absolute Gasteiger partial charge is 0.324 e. The maximum Gasteiger partial charge on any atom is 0.324 e. The molecule has 9 heteroatoms. The number of amides is 1. The van der Waals surface area contributed by atoms with Crippen LogP contribution in [0.25, 0.3) is 0 Å². The lowest BCUT2D eigenvalue weighted by molar-refractivity contribution is -0.148. The van der Waals surface area contributed by atoms with Gasteiger partial charge in [-0.05, 0) is 55.3 Å². The highest BCUT2D eigenvalue weighted by Crippen LogP contribution is 2.14. The van der Waals surface area contributed by atoms with Crippen LogP contribution in [0.5, 0.6) is 0 Å². The molecule has 1 amide bonds. The molecular formula is C19H21ClN2O5S. The van der Waals surface area contributed by atoms with Gasteiger partial charge in [-0.15, -0.1) is 0 Å². The highest BCUT2D eigenvalue weighted by molar-refractivity contribution is 7.89. The highest BCUT2D eigenvalue weighted by atomic mass is 35.5. The maximum atomic E-state index is 12.3. The van der Waals surface area contributed by atoms with Crippen LogP contribution in [0.2, 0.25) is 5.02 Å². The molecule has 0 heterocycles. The van der Waals surface area contributed by atoms with Crippen molar-refractivity contribution in [3.05, 3.63) is 59.1 Å². The van der Waals surface area contributed by atoms with E-state index >= 15 is 0 Å². The molecule has 0 aliphatic rings. The van der Waals surface area contributed by atoms with Crippen LogP contribution in [0.4, 0.5) is 5.69 Å². The Hall–Kier alpha value is -2.42. The standard InChI is InChI=1S/C19H21ClN2O5S/c1-3-14-5-4-6-16(11-14)21-18(23)12-27-19(24)13(2)22-28(25,26)17-9-7-15(20)8-10-17/h4-11,13,22H,3,12H2,1-2H3,(H,21,23)/t13-/m0/s1. The van der Waals surface area contributed by atoms with Crippen LogP contribution in [0.3, 0.4) is 0 Å². The summed E-state index contributed by atoms with van der Waals surface area (Å²) in [4.78, 5) is 23.9. The molecule has 2 aromatic carbocycles. The van der Waals surface area contributed by atoms with Crippen molar-refractivity contribution in [2.45, 2.75) is 31.2 Å². The number of anilines is 1. The van der Waals surface area contributed by atoms with E-state index in [2.05, 4.69) is 10.0 Å². The van der Waals surface area contributed by atoms with Crippen molar-refractivity contribution >= 4 is 39.2 Å². The number of hydrogen-bond acceptors (Lipinski definition) is 5. The lowest BCUT2D eigenvalue weighted by atomic mass is 10.1. The third-order valence-corrected chi connectivity index (χ3v) is 5.58. The van der Waals surface area contributed by atoms with Crippen LogP contribution >= 0.6 is 11.6 Å². The topological polar surface area (TPSA) is 102 Å². The molecule has 0 saturated heterocycles. The third kappa shape index (κ3) is 6.33. The minimum atomic E-state index is -3.93. The summed E-state index contributed by atoms with van der Waals surface area (Å²) in [6.07, 6.45) is 0.823. The molecule has 0 unspecified atom stereocenters. The summed E-state index contributed by atoms with van der Waals surface area (Å²) in [5.74, 6) is -1.38. The molecule has 2 rings (SSSR count). The highest BCUT2D eigenvalue weighted by Gasteiger charge is 2.23. The van der Waals surface area contributed by atoms with E-state index in [4.69, 9.17) is 16.3 Å². The second kappa shape index (κ2) is 9.68. The molecule has 1 atom stereocenters. The minimum absolute atomic E-state index is 0.0369. The molecule has 0 aromatic heterocycles. The Morgan fingerprint density at radius 2 is 1.82 bits per heavy atom. The van der Waals surface area contributed by atoms with Gasteiger partial charge in [0.2, 0.25) is 10.0 Å². The quantitative estimate of drug-likeness (QED) is 0.634. The van der Waals surface area contributed by atoms with E-state index in [0.29, 0.717) is 10.7 Å². The van der Waals surface area contributed by atoms with Gasteiger partial charge in [-0.3, -0.25) is 9.59 Å². The molecule has 2 aromatic rings. The number of ether oxygens (including phenoxy) is 1. The minimum Gasteiger partial charge on any atom is -0.454 e. The molecule has 150 valence electrons. The maximum absolute atomic E-state index is 12.3. The normalized spacial score (nSPS) is 12.2. The average molecular weight is 425 g/mol. The van der Waals surface area contributed by atoms with Crippen molar-refractivity contribution in [3.63, 3.8) is 0 Å². The second-order valence-electron chi connectivity index (χ2n) is 6.01. The number of benzene rings is 2. The molecule has 0 fully saturated rings. The van der Waals surface area contributed by atoms with E-state index in [9.17, 15) is 18.0 Å². The van der Waals surface area contributed by atoms with E-state index in [1.165, 1.54) is 31.2 Å². The predicted octanol–water partition coefficient (Wildman–Crippen LogP) is 2.75. The Morgan fingerprint density at radius 3 is 2.46 bits per heavy atom. The number of hydrogen-bond donors (Lipinski definition) is 2. The van der Waals surface area contributed by atoms with Gasteiger partial charge in [0.05, 0.1) is 4.90 Å². The first kappa shape index (κ1) is 21.9. The van der Waals surface area contributed by atoms with Gasteiger partial charge in [-0.2, -0.15) is 4.72 Å². The Morgan fingerprint density at radius 1 is 1.14 bits per heavy atom. The van der Waals surface area contributed by atoms with Crippen molar-refractivity contribution in [3.8, 4) is 0 Å². The molecular weight excluding hydrogens is 404 g/mol. The van der Waals surface area contributed by atoms with Crippen LogP contribution in [0.15, 0.2) is 53.4 Å². The molecule has 2 N–H and O–H groups in total. The van der Waals surface area contributed by atoms with E-state index < -0.39 is 34.5 Å². The summed E-state index contributed by atoms with van der Waals surface area (Å²) >= 11 is 5.74. The predicted molar refractivity (Wildman–Crippen MR) is 107 cm³/mol. The number of esters is 1. The van der Waals surface area contributed by atoms with E-state index in [-0.39, 0.29) is 4.90 Å². The first-order chi connectivity index (χ1) is 13.2. The summed E-state index contributed by atoms with van der Waals surface area (Å²) in [6, 6.07) is 11.6. The van der Waals surface area contributed by atoms with Gasteiger partial charge in [0.25, 0.3) is 5.91 Å². The van der Waals surface area contributed by atoms with Crippen molar-refractivity contribution in [1.29, 1.82) is 0 Å². The number of sulfonamides is 1. The molecule has 0 saturated carbocycles. The SMILES string of the molecule is CCc1cccc(NC(=O)COC(=O)[C@H](C)NS(=O)(=O)c2ccc(Cl)cc2)c1. The van der Waals surface area contributed by atoms with Gasteiger partial charge in [-0.25, -0.2) is 8.42 Å². The fourth-order valence-corrected chi connectivity index (χ4v) is 3.61. The summed E-state index contributed by atoms with van der Waals surface area (Å²) in [5.41, 5.74) is 1.65. The number of aryl methyl sites for hydroxylation is 1. The number of carbonyl (C=O) groups is 2. The van der Waals surface area contributed by atoms with Crippen LogP contribution in [-0.4, -0.2) is 32.9 Å². The van der Waals surface area contributed by atoms with Gasteiger partial charge in [0.1, 0.15) is 6.04 Å². The summed E-state index contributed by atoms with van der Waals surface area (Å²) in [6.45, 7) is 2.80. The fraction of sp³-hybridized carbons (Fsp3) is 0.263. The van der Waals surface area contributed by atoms with Gasteiger partial charge in [0.15, 0.2) is 6.61 Å². The zero-order valence-corrected chi connectivity index (χ0v) is 17.0. The first-order valence-electron chi connectivity index (χ1n) is 8.54. The van der Waals surface area contributed by atoms with Gasteiger partial charge >= 0.3 is 5.97 Å². The van der Waals surface area contributed by atoms with Crippen molar-refractivity contribution in [1.82, 2.24) is 4.72 Å². The van der Waals surface area contributed by atoms with E-state index in [0.717, 1.165) is 12.0 Å². The molecule has 0 spiro atoms. The Labute approximate surface area is 169 Å². The molecule has 0 radical (unpaired) electrons. The fourth-order valence-electron chi connectivity index (χ4n) is 2.29. The summed E-state index contributed by atoms with van der Waals surface area (Å²) < 4.78 is 31.6. The first-order valence-corrected chi connectivity index (χ1v) is 10.4. The monoisotopic (exact) mass is 424 g/mol. The van der Waals surface area contributed by atoms with Crippen molar-refractivity contribution in [2.75, 3.05) is 11.9 Å². The van der Waals surface area contributed by atoms with Gasteiger partial charge in [0, 0.05) is 10.7 Å². The molecule has 0 aliphatic heterocycles. The molecule has 7 nitrogen and oxygen atoms in total. The van der Waals surface area contributed by atoms with Gasteiger partial charge in [-0.1, -0.05) is 30.7 Å². The van der Waals surface area contributed by atoms with Gasteiger partial charge < -0.3 is 10.1 Å². The largest absolute Gasteiger partial charge is 0.454 e. The van der Waals surface area contributed by atoms with Crippen LogP contribution in [0, 0.1) is 0 Å². The average Bonchev–Trinajstić information content (AvgIpc) is 2.66. The number of nitrogens with one attached hydrogen (secondary N) is 2. The van der Waals surface area contributed by atoms with Crippen LogP contribution in [0.1, 0.15) is 19.4 Å². The van der Waals surface area contributed by atoms with E-state index in [1.807, 2.05) is 25.1 Å². The zero-order chi connectivity index (χ0) is 20.7. The third-order valence-electron chi connectivity index (χ3n) is 3.77. The molecule has 0 bridgehead atoms. The zero-order valence-electron chi connectivity index (χ0n) is 15.4. The lowest BCUT2D eigenvalue weighted by Crippen LogP contribution is -2.40. The Balaban J connectivity index is 1.87. The van der Waals surface area contributed by atoms with E-state index in [1.54, 1.807) is 6.07 Å². The second-order valence-corrected chi connectivity index (χ2v) is 8.16. The molecule has 28 heavy (non-hydrogen) atoms. The number of halogens is 1. The number of rotatable bonds is 8. The van der Waals surface area contributed by atoms with Crippen molar-refractivity contribution < 1.29 is 22.7 Å². The van der Waals surface area contributed by atoms with Crippen LogP contribution in [-0.2, 0) is 30.8 Å². The Bertz CT molecular complexity index is 945. The van der Waals surface area contributed by atoms with Crippen molar-refractivity contribution in [2.24, 2.45) is 0 Å². The summed E-state index contributed by atoms with van der Waals surface area (Å²) in [7, 11) is -3.93. The Kier molecular flexibility index (Phi) is 7.56. The molecule has 0 aliphatic carbocycles. The summed E-state index contributed by atoms with van der Waals surface area (Å²) in [5, 5.41) is 3.01. The lowest BCUT2D eigenvalue weighted by Gasteiger charge is -2.14. The number of carbonyl (C=O) groups excluding carboxylic acids is 2. The van der Waals surface area contributed by atoms with Crippen LogP contribution < -0.4 is 10.0 Å².